The summed E-state index contributed by atoms with van der Waals surface area (Å²) >= 11 is 3.37. The molecule has 0 aliphatic carbocycles. The quantitative estimate of drug-likeness (QED) is 0.743. The molecule has 25 heavy (non-hydrogen) atoms. The van der Waals surface area contributed by atoms with Gasteiger partial charge in [-0.15, -0.1) is 0 Å². The topological polar surface area (TPSA) is 49.3 Å². The Kier molecular flexibility index (Phi) is 5.81. The molecule has 0 radical (unpaired) electrons. The number of rotatable bonds is 6. The third-order valence-electron chi connectivity index (χ3n) is 4.35. The first-order chi connectivity index (χ1) is 12.0. The second kappa shape index (κ2) is 8.06. The van der Waals surface area contributed by atoms with Crippen molar-refractivity contribution in [2.24, 2.45) is 5.92 Å². The van der Waals surface area contributed by atoms with Crippen molar-refractivity contribution < 1.29 is 4.79 Å². The van der Waals surface area contributed by atoms with Crippen LogP contribution in [0, 0.1) is 5.92 Å². The summed E-state index contributed by atoms with van der Waals surface area (Å²) in [5, 5.41) is 0. The number of pyridine rings is 2. The maximum absolute atomic E-state index is 12.6. The molecule has 5 nitrogen and oxygen atoms in total. The van der Waals surface area contributed by atoms with Gasteiger partial charge in [-0.3, -0.25) is 19.7 Å². The predicted molar refractivity (Wildman–Crippen MR) is 101 cm³/mol. The molecule has 3 heterocycles. The van der Waals surface area contributed by atoms with E-state index < -0.39 is 0 Å². The maximum Gasteiger partial charge on any atom is 0.255 e. The third kappa shape index (κ3) is 4.64. The van der Waals surface area contributed by atoms with Crippen LogP contribution in [-0.4, -0.2) is 51.4 Å². The lowest BCUT2D eigenvalue weighted by Crippen LogP contribution is -2.61. The molecule has 1 aliphatic rings. The lowest BCUT2D eigenvalue weighted by Gasteiger charge is -2.46. The first-order valence-electron chi connectivity index (χ1n) is 8.55. The molecule has 1 aliphatic heterocycles. The van der Waals surface area contributed by atoms with E-state index in [1.165, 1.54) is 5.56 Å². The van der Waals surface area contributed by atoms with Crippen molar-refractivity contribution in [1.82, 2.24) is 19.8 Å². The zero-order valence-corrected chi connectivity index (χ0v) is 16.2. The molecule has 2 aromatic heterocycles. The number of carbonyl (C=O) groups excluding carboxylic acids is 1. The number of hydrogen-bond acceptors (Lipinski definition) is 4. The van der Waals surface area contributed by atoms with Crippen LogP contribution in [0.4, 0.5) is 0 Å². The summed E-state index contributed by atoms with van der Waals surface area (Å²) in [6.45, 7) is 7.91. The summed E-state index contributed by atoms with van der Waals surface area (Å²) in [6, 6.07) is 6.34. The molecule has 2 aromatic rings. The Balaban J connectivity index is 1.62. The smallest absolute Gasteiger partial charge is 0.255 e. The standard InChI is InChI=1S/C19H23BrN4O/c1-14(2)10-23(11-15-3-5-21-6-4-15)18-12-24(13-18)19(25)16-7-17(20)9-22-8-16/h3-9,14,18H,10-13H2,1-2H3. The van der Waals surface area contributed by atoms with Crippen molar-refractivity contribution in [3.05, 3.63) is 58.6 Å². The lowest BCUT2D eigenvalue weighted by atomic mass is 10.0. The minimum Gasteiger partial charge on any atom is -0.335 e. The Labute approximate surface area is 157 Å². The van der Waals surface area contributed by atoms with E-state index in [1.807, 2.05) is 23.4 Å². The van der Waals surface area contributed by atoms with Gasteiger partial charge in [0.05, 0.1) is 5.56 Å². The first kappa shape index (κ1) is 18.0. The molecule has 0 bridgehead atoms. The van der Waals surface area contributed by atoms with Crippen LogP contribution in [0.2, 0.25) is 0 Å². The van der Waals surface area contributed by atoms with Crippen molar-refractivity contribution in [1.29, 1.82) is 0 Å². The molecule has 132 valence electrons. The number of nitrogens with zero attached hydrogens (tertiary/aromatic N) is 4. The average molecular weight is 403 g/mol. The largest absolute Gasteiger partial charge is 0.335 e. The molecule has 1 saturated heterocycles. The molecular formula is C19H23BrN4O. The summed E-state index contributed by atoms with van der Waals surface area (Å²) < 4.78 is 0.828. The van der Waals surface area contributed by atoms with Gasteiger partial charge in [-0.1, -0.05) is 13.8 Å². The Morgan fingerprint density at radius 3 is 2.64 bits per heavy atom. The number of likely N-dealkylation sites (tertiary alicyclic amines) is 1. The van der Waals surface area contributed by atoms with Crippen LogP contribution in [0.25, 0.3) is 0 Å². The molecule has 1 amide bonds. The molecule has 6 heteroatoms. The zero-order valence-electron chi connectivity index (χ0n) is 14.6. The minimum absolute atomic E-state index is 0.0541. The molecule has 0 spiro atoms. The van der Waals surface area contributed by atoms with Gasteiger partial charge < -0.3 is 4.90 Å². The Bertz CT molecular complexity index is 716. The number of amides is 1. The monoisotopic (exact) mass is 402 g/mol. The molecule has 0 N–H and O–H groups in total. The summed E-state index contributed by atoms with van der Waals surface area (Å²) in [4.78, 5) is 25.1. The van der Waals surface area contributed by atoms with E-state index in [2.05, 4.69) is 56.8 Å². The Morgan fingerprint density at radius 1 is 1.28 bits per heavy atom. The van der Waals surface area contributed by atoms with Crippen molar-refractivity contribution in [2.75, 3.05) is 19.6 Å². The molecule has 0 aromatic carbocycles. The van der Waals surface area contributed by atoms with Gasteiger partial charge in [-0.25, -0.2) is 0 Å². The fourth-order valence-electron chi connectivity index (χ4n) is 3.10. The van der Waals surface area contributed by atoms with Crippen LogP contribution in [0.5, 0.6) is 0 Å². The van der Waals surface area contributed by atoms with E-state index in [4.69, 9.17) is 0 Å². The summed E-state index contributed by atoms with van der Waals surface area (Å²) in [7, 11) is 0. The number of aromatic nitrogens is 2. The van der Waals surface area contributed by atoms with Crippen LogP contribution >= 0.6 is 15.9 Å². The van der Waals surface area contributed by atoms with Gasteiger partial charge in [-0.2, -0.15) is 0 Å². The van der Waals surface area contributed by atoms with E-state index in [-0.39, 0.29) is 5.91 Å². The van der Waals surface area contributed by atoms with Gasteiger partial charge in [0, 0.05) is 61.5 Å². The van der Waals surface area contributed by atoms with E-state index >= 15 is 0 Å². The van der Waals surface area contributed by atoms with Gasteiger partial charge in [0.2, 0.25) is 0 Å². The van der Waals surface area contributed by atoms with Crippen molar-refractivity contribution in [2.45, 2.75) is 26.4 Å². The summed E-state index contributed by atoms with van der Waals surface area (Å²) in [5.41, 5.74) is 1.90. The molecule has 0 saturated carbocycles. The number of carbonyl (C=O) groups is 1. The maximum atomic E-state index is 12.6. The normalized spacial score (nSPS) is 14.8. The third-order valence-corrected chi connectivity index (χ3v) is 4.79. The van der Waals surface area contributed by atoms with E-state index in [0.717, 1.165) is 30.7 Å². The molecule has 0 unspecified atom stereocenters. The minimum atomic E-state index is 0.0541. The molecule has 1 fully saturated rings. The van der Waals surface area contributed by atoms with Crippen molar-refractivity contribution in [3.8, 4) is 0 Å². The van der Waals surface area contributed by atoms with Gasteiger partial charge in [0.1, 0.15) is 0 Å². The number of hydrogen-bond donors (Lipinski definition) is 0. The SMILES string of the molecule is CC(C)CN(Cc1ccncc1)C1CN(C(=O)c2cncc(Br)c2)C1. The van der Waals surface area contributed by atoms with Crippen molar-refractivity contribution in [3.63, 3.8) is 0 Å². The highest BCUT2D eigenvalue weighted by molar-refractivity contribution is 9.10. The molecule has 0 atom stereocenters. The fraction of sp³-hybridized carbons (Fsp3) is 0.421. The van der Waals surface area contributed by atoms with E-state index in [1.54, 1.807) is 12.4 Å². The zero-order chi connectivity index (χ0) is 17.8. The van der Waals surface area contributed by atoms with Crippen LogP contribution in [-0.2, 0) is 6.54 Å². The van der Waals surface area contributed by atoms with Crippen LogP contribution in [0.3, 0.4) is 0 Å². The molecular weight excluding hydrogens is 380 g/mol. The fourth-order valence-corrected chi connectivity index (χ4v) is 3.46. The Hall–Kier alpha value is -1.79. The lowest BCUT2D eigenvalue weighted by molar-refractivity contribution is 0.0197. The first-order valence-corrected chi connectivity index (χ1v) is 9.35. The summed E-state index contributed by atoms with van der Waals surface area (Å²) in [6.07, 6.45) is 6.98. The highest BCUT2D eigenvalue weighted by Crippen LogP contribution is 2.22. The predicted octanol–water partition coefficient (Wildman–Crippen LogP) is 3.22. The second-order valence-corrected chi connectivity index (χ2v) is 7.85. The highest BCUT2D eigenvalue weighted by Gasteiger charge is 2.35. The van der Waals surface area contributed by atoms with Gasteiger partial charge >= 0.3 is 0 Å². The average Bonchev–Trinajstić information content (AvgIpc) is 2.53. The van der Waals surface area contributed by atoms with Crippen LogP contribution in [0.15, 0.2) is 47.5 Å². The van der Waals surface area contributed by atoms with E-state index in [9.17, 15) is 4.79 Å². The van der Waals surface area contributed by atoms with E-state index in [0.29, 0.717) is 17.5 Å². The van der Waals surface area contributed by atoms with Crippen LogP contribution < -0.4 is 0 Å². The molecule has 3 rings (SSSR count). The van der Waals surface area contributed by atoms with Gasteiger partial charge in [0.15, 0.2) is 0 Å². The Morgan fingerprint density at radius 2 is 2.00 bits per heavy atom. The van der Waals surface area contributed by atoms with Crippen molar-refractivity contribution >= 4 is 21.8 Å². The second-order valence-electron chi connectivity index (χ2n) is 6.93. The van der Waals surface area contributed by atoms with Crippen LogP contribution in [0.1, 0.15) is 29.8 Å². The number of halogens is 1. The summed E-state index contributed by atoms with van der Waals surface area (Å²) in [5.74, 6) is 0.638. The van der Waals surface area contributed by atoms with Gasteiger partial charge in [0.25, 0.3) is 5.91 Å². The highest BCUT2D eigenvalue weighted by atomic mass is 79.9. The van der Waals surface area contributed by atoms with Gasteiger partial charge in [-0.05, 0) is 45.6 Å².